The van der Waals surface area contributed by atoms with Crippen LogP contribution in [0.4, 0.5) is 0 Å². The van der Waals surface area contributed by atoms with E-state index in [0.29, 0.717) is 20.8 Å². The van der Waals surface area contributed by atoms with Crippen LogP contribution in [0.3, 0.4) is 0 Å². The maximum absolute atomic E-state index is 12.7. The second-order valence-electron chi connectivity index (χ2n) is 5.18. The zero-order chi connectivity index (χ0) is 16.8. The van der Waals surface area contributed by atoms with Gasteiger partial charge in [-0.1, -0.05) is 39.4 Å². The Kier molecular flexibility index (Phi) is 3.54. The van der Waals surface area contributed by atoms with Crippen LogP contribution in [0.2, 0.25) is 0 Å². The Morgan fingerprint density at radius 3 is 2.92 bits per heavy atom. The summed E-state index contributed by atoms with van der Waals surface area (Å²) in [5.41, 5.74) is 1.93. The topological polar surface area (TPSA) is 63.8 Å². The molecule has 2 aromatic heterocycles. The van der Waals surface area contributed by atoms with Gasteiger partial charge in [-0.25, -0.2) is 9.38 Å². The highest BCUT2D eigenvalue weighted by Crippen LogP contribution is 2.34. The Balaban J connectivity index is 2.01. The molecule has 0 aliphatic heterocycles. The van der Waals surface area contributed by atoms with Gasteiger partial charge in [0.15, 0.2) is 16.5 Å². The van der Waals surface area contributed by atoms with Gasteiger partial charge in [0, 0.05) is 10.0 Å². The molecular formula is C17H11BrN2O3S. The third kappa shape index (κ3) is 2.28. The first kappa shape index (κ1) is 15.2. The maximum Gasteiger partial charge on any atom is 0.274 e. The van der Waals surface area contributed by atoms with Crippen LogP contribution in [0, 0.1) is 0 Å². The highest BCUT2D eigenvalue weighted by atomic mass is 79.9. The van der Waals surface area contributed by atoms with Crippen molar-refractivity contribution < 1.29 is 9.84 Å². The molecule has 0 spiro atoms. The van der Waals surface area contributed by atoms with E-state index in [1.54, 1.807) is 22.6 Å². The van der Waals surface area contributed by atoms with Gasteiger partial charge in [0.25, 0.3) is 5.56 Å². The number of phenols is 1. The monoisotopic (exact) mass is 402 g/mol. The lowest BCUT2D eigenvalue weighted by Gasteiger charge is -2.06. The Morgan fingerprint density at radius 1 is 1.33 bits per heavy atom. The first-order valence-electron chi connectivity index (χ1n) is 7.06. The minimum atomic E-state index is -0.151. The number of hydrogen-bond donors (Lipinski definition) is 1. The molecule has 1 N–H and O–H groups in total. The lowest BCUT2D eigenvalue weighted by atomic mass is 10.2. The Morgan fingerprint density at radius 2 is 2.12 bits per heavy atom. The molecular weight excluding hydrogens is 392 g/mol. The molecule has 0 saturated heterocycles. The average Bonchev–Trinajstić information content (AvgIpc) is 3.07. The van der Waals surface area contributed by atoms with Crippen LogP contribution in [-0.2, 0) is 0 Å². The molecule has 120 valence electrons. The molecule has 0 saturated carbocycles. The number of benzene rings is 2. The van der Waals surface area contributed by atoms with Crippen molar-refractivity contribution in [2.24, 2.45) is 0 Å². The fourth-order valence-electron chi connectivity index (χ4n) is 2.61. The summed E-state index contributed by atoms with van der Waals surface area (Å²) in [6.07, 6.45) is 1.65. The van der Waals surface area contributed by atoms with Crippen molar-refractivity contribution in [3.8, 4) is 11.5 Å². The minimum absolute atomic E-state index is 0.00371. The quantitative estimate of drug-likeness (QED) is 0.559. The number of phenolic OH excluding ortho intramolecular Hbond substituents is 1. The van der Waals surface area contributed by atoms with E-state index >= 15 is 0 Å². The number of hydrogen-bond acceptors (Lipinski definition) is 5. The van der Waals surface area contributed by atoms with Crippen molar-refractivity contribution in [2.75, 3.05) is 7.11 Å². The predicted molar refractivity (Wildman–Crippen MR) is 98.0 cm³/mol. The summed E-state index contributed by atoms with van der Waals surface area (Å²) in [4.78, 5) is 17.8. The summed E-state index contributed by atoms with van der Waals surface area (Å²) in [7, 11) is 1.48. The lowest BCUT2D eigenvalue weighted by Crippen LogP contribution is -2.22. The molecule has 0 aliphatic carbocycles. The van der Waals surface area contributed by atoms with Crippen molar-refractivity contribution in [2.45, 2.75) is 0 Å². The van der Waals surface area contributed by atoms with E-state index in [4.69, 9.17) is 4.74 Å². The Bertz CT molecular complexity index is 1200. The second-order valence-corrected chi connectivity index (χ2v) is 7.10. The normalized spacial score (nSPS) is 12.3. The number of ether oxygens (including phenoxy) is 1. The van der Waals surface area contributed by atoms with Crippen molar-refractivity contribution in [1.82, 2.24) is 9.38 Å². The first-order valence-corrected chi connectivity index (χ1v) is 8.67. The number of para-hydroxylation sites is 2. The summed E-state index contributed by atoms with van der Waals surface area (Å²) < 4.78 is 7.99. The Labute approximate surface area is 148 Å². The number of nitrogens with zero attached hydrogens (tertiary/aromatic N) is 2. The van der Waals surface area contributed by atoms with Crippen molar-refractivity contribution >= 4 is 49.3 Å². The predicted octanol–water partition coefficient (Wildman–Crippen LogP) is 2.93. The van der Waals surface area contributed by atoms with E-state index in [2.05, 4.69) is 20.9 Å². The largest absolute Gasteiger partial charge is 0.504 e. The molecule has 7 heteroatoms. The molecule has 2 heterocycles. The molecule has 0 amide bonds. The van der Waals surface area contributed by atoms with Crippen LogP contribution < -0.4 is 14.8 Å². The number of aromatic hydroxyl groups is 1. The molecule has 0 radical (unpaired) electrons. The fraction of sp³-hybridized carbons (Fsp3) is 0.0588. The van der Waals surface area contributed by atoms with Crippen LogP contribution in [-0.4, -0.2) is 21.6 Å². The summed E-state index contributed by atoms with van der Waals surface area (Å²) in [6.45, 7) is 0. The third-order valence-corrected chi connectivity index (χ3v) is 5.15. The van der Waals surface area contributed by atoms with Gasteiger partial charge < -0.3 is 9.84 Å². The lowest BCUT2D eigenvalue weighted by molar-refractivity contribution is 0.372. The Hall–Kier alpha value is -2.38. The smallest absolute Gasteiger partial charge is 0.274 e. The van der Waals surface area contributed by atoms with Gasteiger partial charge in [-0.3, -0.25) is 4.79 Å². The fourth-order valence-corrected chi connectivity index (χ4v) is 4.05. The van der Waals surface area contributed by atoms with Gasteiger partial charge in [0.2, 0.25) is 0 Å². The molecule has 24 heavy (non-hydrogen) atoms. The van der Waals surface area contributed by atoms with Gasteiger partial charge in [-0.2, -0.15) is 0 Å². The summed E-state index contributed by atoms with van der Waals surface area (Å²) >= 11 is 4.67. The van der Waals surface area contributed by atoms with Crippen LogP contribution in [0.5, 0.6) is 11.5 Å². The van der Waals surface area contributed by atoms with E-state index in [9.17, 15) is 9.90 Å². The first-order chi connectivity index (χ1) is 11.6. The molecule has 0 aliphatic rings. The number of aromatic nitrogens is 2. The van der Waals surface area contributed by atoms with E-state index in [-0.39, 0.29) is 11.3 Å². The number of halogens is 1. The van der Waals surface area contributed by atoms with Crippen molar-refractivity contribution in [3.63, 3.8) is 0 Å². The van der Waals surface area contributed by atoms with Gasteiger partial charge in [-0.15, -0.1) is 0 Å². The average molecular weight is 403 g/mol. The van der Waals surface area contributed by atoms with Crippen LogP contribution in [0.15, 0.2) is 45.7 Å². The summed E-state index contributed by atoms with van der Waals surface area (Å²) in [5, 5.41) is 10.3. The number of thiazole rings is 1. The molecule has 4 rings (SSSR count). The number of fused-ring (bicyclic) bond motifs is 3. The molecule has 0 bridgehead atoms. The van der Waals surface area contributed by atoms with Crippen molar-refractivity contribution in [3.05, 3.63) is 61.3 Å². The van der Waals surface area contributed by atoms with Gasteiger partial charge in [0.05, 0.1) is 22.7 Å². The van der Waals surface area contributed by atoms with Gasteiger partial charge in [-0.05, 0) is 30.3 Å². The zero-order valence-corrected chi connectivity index (χ0v) is 14.9. The number of imidazole rings is 1. The van der Waals surface area contributed by atoms with Crippen LogP contribution >= 0.6 is 27.3 Å². The van der Waals surface area contributed by atoms with Crippen molar-refractivity contribution in [1.29, 1.82) is 0 Å². The zero-order valence-electron chi connectivity index (χ0n) is 12.5. The summed E-state index contributed by atoms with van der Waals surface area (Å²) in [5.74, 6) is 0.339. The minimum Gasteiger partial charge on any atom is -0.504 e. The number of rotatable bonds is 2. The van der Waals surface area contributed by atoms with E-state index in [0.717, 1.165) is 15.5 Å². The van der Waals surface area contributed by atoms with Gasteiger partial charge >= 0.3 is 0 Å². The molecule has 5 nitrogen and oxygen atoms in total. The molecule has 4 aromatic rings. The molecule has 0 unspecified atom stereocenters. The summed E-state index contributed by atoms with van der Waals surface area (Å²) in [6, 6.07) is 10.9. The maximum atomic E-state index is 12.7. The second kappa shape index (κ2) is 5.61. The number of methoxy groups -OCH3 is 1. The van der Waals surface area contributed by atoms with Gasteiger partial charge in [0.1, 0.15) is 0 Å². The standard InChI is InChI=1S/C17H11BrN2O3S/c1-23-13-8-10(18)6-9(15(13)21)7-14-16(22)20-12-5-3-2-4-11(12)19-17(20)24-14/h2-8,21H,1H3/b14-7-. The third-order valence-electron chi connectivity index (χ3n) is 3.72. The highest BCUT2D eigenvalue weighted by Gasteiger charge is 2.12. The highest BCUT2D eigenvalue weighted by molar-refractivity contribution is 9.10. The molecule has 2 aromatic carbocycles. The SMILES string of the molecule is COc1cc(Br)cc(/C=c2\sc3nc4ccccc4n3c2=O)c1O. The van der Waals surface area contributed by atoms with Crippen LogP contribution in [0.25, 0.3) is 22.1 Å². The van der Waals surface area contributed by atoms with E-state index < -0.39 is 0 Å². The van der Waals surface area contributed by atoms with Crippen LogP contribution in [0.1, 0.15) is 5.56 Å². The van der Waals surface area contributed by atoms with E-state index in [1.807, 2.05) is 24.3 Å². The molecule has 0 atom stereocenters. The molecule has 0 fully saturated rings. The van der Waals surface area contributed by atoms with E-state index in [1.165, 1.54) is 18.4 Å².